The van der Waals surface area contributed by atoms with Gasteiger partial charge in [-0.25, -0.2) is 0 Å². The lowest BCUT2D eigenvalue weighted by molar-refractivity contribution is -0.152. The van der Waals surface area contributed by atoms with Gasteiger partial charge in [-0.15, -0.1) is 0 Å². The van der Waals surface area contributed by atoms with Crippen molar-refractivity contribution in [2.24, 2.45) is 17.8 Å². The molecule has 0 aromatic rings. The van der Waals surface area contributed by atoms with Gasteiger partial charge in [0.1, 0.15) is 12.1 Å². The summed E-state index contributed by atoms with van der Waals surface area (Å²) < 4.78 is 0. The van der Waals surface area contributed by atoms with Crippen LogP contribution in [-0.4, -0.2) is 35.3 Å². The maximum atomic E-state index is 12.8. The first-order valence-corrected chi connectivity index (χ1v) is 8.56. The van der Waals surface area contributed by atoms with Crippen LogP contribution < -0.4 is 5.32 Å². The van der Waals surface area contributed by atoms with E-state index in [0.29, 0.717) is 0 Å². The highest BCUT2D eigenvalue weighted by Crippen LogP contribution is 2.34. The third kappa shape index (κ3) is 3.78. The summed E-state index contributed by atoms with van der Waals surface area (Å²) in [6.07, 6.45) is 5.82. The molecule has 1 saturated carbocycles. The zero-order chi connectivity index (χ0) is 15.6. The van der Waals surface area contributed by atoms with Gasteiger partial charge in [-0.2, -0.15) is 0 Å². The fourth-order valence-electron chi connectivity index (χ4n) is 3.25. The zero-order valence-corrected chi connectivity index (χ0v) is 13.9. The van der Waals surface area contributed by atoms with Gasteiger partial charge in [0.05, 0.1) is 0 Å². The Labute approximate surface area is 128 Å². The van der Waals surface area contributed by atoms with Gasteiger partial charge in [-0.05, 0) is 30.6 Å². The first-order chi connectivity index (χ1) is 9.95. The fourth-order valence-corrected chi connectivity index (χ4v) is 3.25. The van der Waals surface area contributed by atoms with Crippen LogP contribution in [0.3, 0.4) is 0 Å². The lowest BCUT2D eigenvalue weighted by Crippen LogP contribution is -2.66. The van der Waals surface area contributed by atoms with E-state index >= 15 is 0 Å². The molecule has 2 amide bonds. The van der Waals surface area contributed by atoms with Gasteiger partial charge < -0.3 is 10.2 Å². The lowest BCUT2D eigenvalue weighted by Gasteiger charge is -2.42. The smallest absolute Gasteiger partial charge is 0.246 e. The number of carbonyl (C=O) groups excluding carboxylic acids is 2. The highest BCUT2D eigenvalue weighted by molar-refractivity contribution is 5.97. The third-order valence-electron chi connectivity index (χ3n) is 5.00. The van der Waals surface area contributed by atoms with E-state index in [4.69, 9.17) is 0 Å². The summed E-state index contributed by atoms with van der Waals surface area (Å²) in [6, 6.07) is -0.629. The average molecular weight is 294 g/mol. The first-order valence-electron chi connectivity index (χ1n) is 8.56. The normalized spacial score (nSPS) is 28.0. The van der Waals surface area contributed by atoms with Crippen LogP contribution in [0.4, 0.5) is 0 Å². The van der Waals surface area contributed by atoms with Crippen LogP contribution in [0.25, 0.3) is 0 Å². The van der Waals surface area contributed by atoms with Gasteiger partial charge in [0.15, 0.2) is 0 Å². The second kappa shape index (κ2) is 6.80. The van der Waals surface area contributed by atoms with Crippen LogP contribution in [0.5, 0.6) is 0 Å². The van der Waals surface area contributed by atoms with Gasteiger partial charge in [-0.3, -0.25) is 9.59 Å². The van der Waals surface area contributed by atoms with Gasteiger partial charge in [0, 0.05) is 6.54 Å². The van der Waals surface area contributed by atoms with Crippen LogP contribution >= 0.6 is 0 Å². The van der Waals surface area contributed by atoms with Gasteiger partial charge in [0.2, 0.25) is 11.8 Å². The van der Waals surface area contributed by atoms with Crippen LogP contribution in [0.1, 0.15) is 59.8 Å². The predicted molar refractivity (Wildman–Crippen MR) is 83.7 cm³/mol. The average Bonchev–Trinajstić information content (AvgIpc) is 3.24. The number of piperazine rings is 1. The molecule has 0 aromatic heterocycles. The highest BCUT2D eigenvalue weighted by Gasteiger charge is 2.43. The van der Waals surface area contributed by atoms with Crippen LogP contribution in [0.15, 0.2) is 0 Å². The monoisotopic (exact) mass is 294 g/mol. The number of rotatable bonds is 7. The molecule has 2 fully saturated rings. The summed E-state index contributed by atoms with van der Waals surface area (Å²) in [5.74, 6) is 1.38. The van der Waals surface area contributed by atoms with E-state index in [9.17, 15) is 9.59 Å². The van der Waals surface area contributed by atoms with Gasteiger partial charge in [-0.1, -0.05) is 47.0 Å². The summed E-state index contributed by atoms with van der Waals surface area (Å²) in [5.41, 5.74) is 0. The quantitative estimate of drug-likeness (QED) is 0.784. The van der Waals surface area contributed by atoms with Crippen molar-refractivity contribution in [1.29, 1.82) is 0 Å². The van der Waals surface area contributed by atoms with E-state index in [1.807, 2.05) is 25.7 Å². The maximum Gasteiger partial charge on any atom is 0.246 e. The van der Waals surface area contributed by atoms with Crippen molar-refractivity contribution in [2.75, 3.05) is 6.54 Å². The lowest BCUT2D eigenvalue weighted by atomic mass is 9.90. The minimum atomic E-state index is -0.335. The van der Waals surface area contributed by atoms with E-state index in [1.165, 1.54) is 19.3 Å². The van der Waals surface area contributed by atoms with Crippen molar-refractivity contribution in [3.8, 4) is 0 Å². The topological polar surface area (TPSA) is 49.4 Å². The number of amides is 2. The molecule has 3 unspecified atom stereocenters. The van der Waals surface area contributed by atoms with E-state index in [0.717, 1.165) is 25.3 Å². The molecule has 0 bridgehead atoms. The maximum absolute atomic E-state index is 12.8. The van der Waals surface area contributed by atoms with E-state index in [1.54, 1.807) is 0 Å². The van der Waals surface area contributed by atoms with Crippen LogP contribution in [-0.2, 0) is 9.59 Å². The van der Waals surface area contributed by atoms with Crippen LogP contribution in [0.2, 0.25) is 0 Å². The van der Waals surface area contributed by atoms with Crippen molar-refractivity contribution in [2.45, 2.75) is 71.9 Å². The number of nitrogens with one attached hydrogen (secondary N) is 1. The third-order valence-corrected chi connectivity index (χ3v) is 5.00. The molecular formula is C17H30N2O2. The molecule has 1 aliphatic carbocycles. The molecule has 0 spiro atoms. The van der Waals surface area contributed by atoms with E-state index < -0.39 is 0 Å². The Morgan fingerprint density at radius 3 is 2.43 bits per heavy atom. The molecule has 1 heterocycles. The molecule has 21 heavy (non-hydrogen) atoms. The second-order valence-electron chi connectivity index (χ2n) is 7.18. The van der Waals surface area contributed by atoms with E-state index in [2.05, 4.69) is 12.2 Å². The second-order valence-corrected chi connectivity index (χ2v) is 7.18. The first kappa shape index (κ1) is 16.3. The Hall–Kier alpha value is -1.06. The van der Waals surface area contributed by atoms with E-state index in [-0.39, 0.29) is 35.7 Å². The molecule has 2 rings (SSSR count). The Kier molecular flexibility index (Phi) is 5.28. The van der Waals surface area contributed by atoms with Crippen LogP contribution in [0, 0.1) is 17.8 Å². The number of hydrogen-bond donors (Lipinski definition) is 1. The van der Waals surface area contributed by atoms with Gasteiger partial charge >= 0.3 is 0 Å². The summed E-state index contributed by atoms with van der Waals surface area (Å²) in [5, 5.41) is 2.96. The summed E-state index contributed by atoms with van der Waals surface area (Å²) in [6.45, 7) is 8.89. The SMILES string of the molecule is CCC(C)C1NC(=O)C(C(C)C)N(CCCC2CC2)C1=O. The molecule has 3 atom stereocenters. The molecule has 4 nitrogen and oxygen atoms in total. The number of hydrogen-bond acceptors (Lipinski definition) is 2. The minimum absolute atomic E-state index is 0.0290. The Morgan fingerprint density at radius 1 is 1.24 bits per heavy atom. The van der Waals surface area contributed by atoms with Crippen molar-refractivity contribution in [3.05, 3.63) is 0 Å². The summed E-state index contributed by atoms with van der Waals surface area (Å²) >= 11 is 0. The summed E-state index contributed by atoms with van der Waals surface area (Å²) in [7, 11) is 0. The minimum Gasteiger partial charge on any atom is -0.342 e. The molecular weight excluding hydrogens is 264 g/mol. The fraction of sp³-hybridized carbons (Fsp3) is 0.882. The summed E-state index contributed by atoms with van der Waals surface area (Å²) in [4.78, 5) is 27.1. The Balaban J connectivity index is 2.06. The highest BCUT2D eigenvalue weighted by atomic mass is 16.2. The molecule has 0 radical (unpaired) electrons. The molecule has 120 valence electrons. The number of nitrogens with zero attached hydrogens (tertiary/aromatic N) is 1. The molecule has 1 saturated heterocycles. The molecule has 1 aliphatic heterocycles. The van der Waals surface area contributed by atoms with Crippen molar-refractivity contribution >= 4 is 11.8 Å². The molecule has 2 aliphatic rings. The zero-order valence-electron chi connectivity index (χ0n) is 13.9. The van der Waals surface area contributed by atoms with Crippen molar-refractivity contribution in [1.82, 2.24) is 10.2 Å². The number of carbonyl (C=O) groups is 2. The largest absolute Gasteiger partial charge is 0.342 e. The van der Waals surface area contributed by atoms with Crippen molar-refractivity contribution in [3.63, 3.8) is 0 Å². The standard InChI is InChI=1S/C17H30N2O2/c1-5-12(4)14-17(21)19(10-6-7-13-8-9-13)15(11(2)3)16(20)18-14/h11-15H,5-10H2,1-4H3,(H,18,20). The predicted octanol–water partition coefficient (Wildman–Crippen LogP) is 2.57. The van der Waals surface area contributed by atoms with Gasteiger partial charge in [0.25, 0.3) is 0 Å². The Bertz CT molecular complexity index is 390. The molecule has 4 heteroatoms. The van der Waals surface area contributed by atoms with Crippen molar-refractivity contribution < 1.29 is 9.59 Å². The molecule has 1 N–H and O–H groups in total. The Morgan fingerprint density at radius 2 is 1.90 bits per heavy atom. The molecule has 0 aromatic carbocycles.